The minimum Gasteiger partial charge on any atom is -0.485 e. The van der Waals surface area contributed by atoms with Gasteiger partial charge in [-0.25, -0.2) is 4.39 Å². The zero-order valence-corrected chi connectivity index (χ0v) is 12.0. The van der Waals surface area contributed by atoms with Gasteiger partial charge in [-0.3, -0.25) is 0 Å². The van der Waals surface area contributed by atoms with Gasteiger partial charge in [0.05, 0.1) is 13.1 Å². The molecule has 3 rings (SSSR count). The van der Waals surface area contributed by atoms with E-state index in [0.29, 0.717) is 11.7 Å². The molecule has 3 heteroatoms. The molecule has 2 N–H and O–H groups in total. The fraction of sp³-hybridized carbons (Fsp3) is 0.333. The van der Waals surface area contributed by atoms with Gasteiger partial charge in [0.25, 0.3) is 0 Å². The molecule has 0 radical (unpaired) electrons. The van der Waals surface area contributed by atoms with E-state index in [1.165, 1.54) is 17.7 Å². The molecule has 1 aliphatic heterocycles. The molecule has 0 bridgehead atoms. The summed E-state index contributed by atoms with van der Waals surface area (Å²) in [6.45, 7) is 2.28. The van der Waals surface area contributed by atoms with Crippen molar-refractivity contribution in [2.75, 3.05) is 13.1 Å². The molecule has 0 spiro atoms. The summed E-state index contributed by atoms with van der Waals surface area (Å²) < 4.78 is 19.5. The average Bonchev–Trinajstić information content (AvgIpc) is 2.54. The van der Waals surface area contributed by atoms with Crippen LogP contribution in [0, 0.1) is 11.7 Å². The molecule has 1 atom stereocenters. The van der Waals surface area contributed by atoms with Crippen LogP contribution in [0.2, 0.25) is 0 Å². The fourth-order valence-electron chi connectivity index (χ4n) is 3.02. The van der Waals surface area contributed by atoms with Gasteiger partial charge in [0.2, 0.25) is 0 Å². The molecule has 0 saturated carbocycles. The van der Waals surface area contributed by atoms with Gasteiger partial charge in [-0.05, 0) is 17.7 Å². The van der Waals surface area contributed by atoms with Gasteiger partial charge in [0, 0.05) is 24.8 Å². The Kier molecular flexibility index (Phi) is 4.51. The van der Waals surface area contributed by atoms with Crippen molar-refractivity contribution < 1.29 is 14.4 Å². The van der Waals surface area contributed by atoms with Crippen LogP contribution in [0.3, 0.4) is 0 Å². The lowest BCUT2D eigenvalue weighted by Crippen LogP contribution is -2.86. The number of hydrogen-bond donors (Lipinski definition) is 1. The molecule has 1 aliphatic rings. The predicted molar refractivity (Wildman–Crippen MR) is 80.6 cm³/mol. The van der Waals surface area contributed by atoms with Crippen LogP contribution in [0.15, 0.2) is 54.6 Å². The second-order valence-corrected chi connectivity index (χ2v) is 5.61. The lowest BCUT2D eigenvalue weighted by molar-refractivity contribution is -0.665. The molecule has 0 aromatic heterocycles. The third-order valence-corrected chi connectivity index (χ3v) is 4.10. The van der Waals surface area contributed by atoms with Gasteiger partial charge in [-0.15, -0.1) is 0 Å². The molecular weight excluding hydrogens is 265 g/mol. The maximum absolute atomic E-state index is 13.4. The van der Waals surface area contributed by atoms with E-state index >= 15 is 0 Å². The number of quaternary nitrogens is 1. The minimum atomic E-state index is -0.253. The molecule has 0 aliphatic carbocycles. The second-order valence-electron chi connectivity index (χ2n) is 5.61. The summed E-state index contributed by atoms with van der Waals surface area (Å²) in [6, 6.07) is 16.7. The second kappa shape index (κ2) is 6.72. The van der Waals surface area contributed by atoms with Crippen molar-refractivity contribution in [2.24, 2.45) is 5.92 Å². The summed E-state index contributed by atoms with van der Waals surface area (Å²) in [7, 11) is 0. The molecule has 110 valence electrons. The highest BCUT2D eigenvalue weighted by Crippen LogP contribution is 2.32. The Balaban J connectivity index is 1.85. The van der Waals surface area contributed by atoms with Crippen LogP contribution >= 0.6 is 0 Å². The first-order valence-corrected chi connectivity index (χ1v) is 7.62. The lowest BCUT2D eigenvalue weighted by atomic mass is 9.88. The highest BCUT2D eigenvalue weighted by atomic mass is 19.1. The number of rotatable bonds is 4. The monoisotopic (exact) mass is 286 g/mol. The Morgan fingerprint density at radius 2 is 1.76 bits per heavy atom. The van der Waals surface area contributed by atoms with E-state index in [1.54, 1.807) is 6.07 Å². The van der Waals surface area contributed by atoms with Gasteiger partial charge in [-0.2, -0.15) is 0 Å². The highest BCUT2D eigenvalue weighted by molar-refractivity contribution is 5.25. The van der Waals surface area contributed by atoms with Crippen molar-refractivity contribution in [3.63, 3.8) is 0 Å². The van der Waals surface area contributed by atoms with Crippen LogP contribution in [0.4, 0.5) is 4.39 Å². The van der Waals surface area contributed by atoms with Crippen LogP contribution in [-0.4, -0.2) is 13.1 Å². The first-order valence-electron chi connectivity index (χ1n) is 7.62. The van der Waals surface area contributed by atoms with E-state index in [0.717, 1.165) is 25.9 Å². The predicted octanol–water partition coefficient (Wildman–Crippen LogP) is 2.92. The zero-order valence-electron chi connectivity index (χ0n) is 12.0. The number of benzene rings is 2. The summed E-state index contributed by atoms with van der Waals surface area (Å²) in [5.41, 5.74) is 1.17. The van der Waals surface area contributed by atoms with Crippen molar-refractivity contribution in [3.05, 3.63) is 66.0 Å². The number of nitrogens with two attached hydrogens (primary N) is 1. The number of hydrogen-bond acceptors (Lipinski definition) is 1. The third-order valence-electron chi connectivity index (χ3n) is 4.10. The number of piperidine rings is 1. The topological polar surface area (TPSA) is 25.8 Å². The van der Waals surface area contributed by atoms with Crippen molar-refractivity contribution in [1.29, 1.82) is 0 Å². The van der Waals surface area contributed by atoms with E-state index in [2.05, 4.69) is 17.4 Å². The quantitative estimate of drug-likeness (QED) is 0.919. The van der Waals surface area contributed by atoms with Gasteiger partial charge in [0.1, 0.15) is 17.7 Å². The van der Waals surface area contributed by atoms with Gasteiger partial charge in [0.15, 0.2) is 0 Å². The number of ether oxygens (including phenoxy) is 1. The Morgan fingerprint density at radius 3 is 2.48 bits per heavy atom. The van der Waals surface area contributed by atoms with E-state index < -0.39 is 0 Å². The van der Waals surface area contributed by atoms with E-state index in [4.69, 9.17) is 4.74 Å². The molecule has 2 aromatic carbocycles. The van der Waals surface area contributed by atoms with Crippen molar-refractivity contribution in [3.8, 4) is 5.75 Å². The Morgan fingerprint density at radius 1 is 1.00 bits per heavy atom. The van der Waals surface area contributed by atoms with Crippen LogP contribution in [0.5, 0.6) is 5.75 Å². The van der Waals surface area contributed by atoms with E-state index in [9.17, 15) is 4.39 Å². The molecule has 1 heterocycles. The standard InChI is InChI=1S/C18H20FNO/c19-16-7-4-8-17(13-16)21-18(14-5-2-1-3-6-14)15-9-11-20-12-10-15/h1-8,13,15,18,20H,9-12H2/p+1/t18-/m0/s1. The largest absolute Gasteiger partial charge is 0.485 e. The normalized spacial score (nSPS) is 17.4. The van der Waals surface area contributed by atoms with Gasteiger partial charge in [-0.1, -0.05) is 36.4 Å². The van der Waals surface area contributed by atoms with Crippen LogP contribution in [0.25, 0.3) is 0 Å². The minimum absolute atomic E-state index is 0.00157. The number of halogens is 1. The molecular formula is C18H21FNO+. The Labute approximate surface area is 125 Å². The molecule has 1 saturated heterocycles. The Hall–Kier alpha value is -1.87. The summed E-state index contributed by atoms with van der Waals surface area (Å²) >= 11 is 0. The van der Waals surface area contributed by atoms with Crippen LogP contribution in [-0.2, 0) is 0 Å². The van der Waals surface area contributed by atoms with Gasteiger partial charge < -0.3 is 10.1 Å². The smallest absolute Gasteiger partial charge is 0.127 e. The van der Waals surface area contributed by atoms with Crippen molar-refractivity contribution >= 4 is 0 Å². The zero-order chi connectivity index (χ0) is 14.5. The highest BCUT2D eigenvalue weighted by Gasteiger charge is 2.28. The summed E-state index contributed by atoms with van der Waals surface area (Å²) in [5.74, 6) is 0.843. The third kappa shape index (κ3) is 3.61. The summed E-state index contributed by atoms with van der Waals surface area (Å²) in [4.78, 5) is 0. The van der Waals surface area contributed by atoms with Crippen LogP contribution in [0.1, 0.15) is 24.5 Å². The van der Waals surface area contributed by atoms with Gasteiger partial charge >= 0.3 is 0 Å². The van der Waals surface area contributed by atoms with E-state index in [1.807, 2.05) is 24.3 Å². The van der Waals surface area contributed by atoms with Crippen molar-refractivity contribution in [2.45, 2.75) is 18.9 Å². The average molecular weight is 286 g/mol. The Bertz CT molecular complexity index is 566. The fourth-order valence-corrected chi connectivity index (χ4v) is 3.02. The molecule has 0 unspecified atom stereocenters. The lowest BCUT2D eigenvalue weighted by Gasteiger charge is -2.30. The first-order chi connectivity index (χ1) is 10.3. The molecule has 1 fully saturated rings. The SMILES string of the molecule is Fc1cccc(O[C@@H](c2ccccc2)C2CC[NH2+]CC2)c1. The maximum Gasteiger partial charge on any atom is 0.127 e. The van der Waals surface area contributed by atoms with E-state index in [-0.39, 0.29) is 11.9 Å². The first kappa shape index (κ1) is 14.1. The molecule has 0 amide bonds. The molecule has 2 aromatic rings. The summed E-state index contributed by atoms with van der Waals surface area (Å²) in [6.07, 6.45) is 2.27. The molecule has 2 nitrogen and oxygen atoms in total. The maximum atomic E-state index is 13.4. The summed E-state index contributed by atoms with van der Waals surface area (Å²) in [5, 5.41) is 2.35. The van der Waals surface area contributed by atoms with Crippen molar-refractivity contribution in [1.82, 2.24) is 0 Å². The molecule has 21 heavy (non-hydrogen) atoms. The van der Waals surface area contributed by atoms with Crippen LogP contribution < -0.4 is 10.1 Å².